The van der Waals surface area contributed by atoms with Crippen molar-refractivity contribution in [2.45, 2.75) is 38.4 Å². The number of rotatable bonds is 8. The van der Waals surface area contributed by atoms with Crippen molar-refractivity contribution in [2.24, 2.45) is 0 Å². The third-order valence-corrected chi connectivity index (χ3v) is 4.68. The highest BCUT2D eigenvalue weighted by Gasteiger charge is 2.18. The van der Waals surface area contributed by atoms with E-state index in [1.54, 1.807) is 12.1 Å². The molecule has 1 N–H and O–H groups in total. The first-order valence-electron chi connectivity index (χ1n) is 8.42. The second-order valence-corrected chi connectivity index (χ2v) is 6.90. The molecule has 2 rings (SSSR count). The molecule has 0 unspecified atom stereocenters. The van der Waals surface area contributed by atoms with Gasteiger partial charge in [-0.1, -0.05) is 23.9 Å². The largest absolute Gasteiger partial charge is 0.480 e. The highest BCUT2D eigenvalue weighted by Crippen LogP contribution is 2.18. The molecule has 6 nitrogen and oxygen atoms in total. The number of carbonyl (C=O) groups excluding carboxylic acids is 1. The molecule has 0 aliphatic rings. The lowest BCUT2D eigenvalue weighted by Crippen LogP contribution is -2.35. The zero-order chi connectivity index (χ0) is 20.0. The highest BCUT2D eigenvalue weighted by molar-refractivity contribution is 7.98. The molecular weight excluding hydrogens is 369 g/mol. The average Bonchev–Trinajstić information content (AvgIpc) is 2.61. The first-order valence-corrected chi connectivity index (χ1v) is 9.64. The van der Waals surface area contributed by atoms with Crippen molar-refractivity contribution in [3.05, 3.63) is 52.6 Å². The summed E-state index contributed by atoms with van der Waals surface area (Å²) in [6.07, 6.45) is 2.49. The second-order valence-electron chi connectivity index (χ2n) is 6.13. The van der Waals surface area contributed by atoms with Gasteiger partial charge in [-0.3, -0.25) is 9.59 Å². The normalized spacial score (nSPS) is 10.7. The van der Waals surface area contributed by atoms with Gasteiger partial charge >= 0.3 is 5.97 Å². The second kappa shape index (κ2) is 9.45. The first-order chi connectivity index (χ1) is 12.8. The first kappa shape index (κ1) is 20.8. The zero-order valence-corrected chi connectivity index (χ0v) is 16.3. The van der Waals surface area contributed by atoms with Gasteiger partial charge in [0, 0.05) is 24.4 Å². The van der Waals surface area contributed by atoms with Crippen LogP contribution in [0.4, 0.5) is 4.39 Å². The summed E-state index contributed by atoms with van der Waals surface area (Å²) in [4.78, 5) is 33.8. The van der Waals surface area contributed by atoms with Gasteiger partial charge < -0.3 is 10.0 Å². The maximum Gasteiger partial charge on any atom is 0.323 e. The summed E-state index contributed by atoms with van der Waals surface area (Å²) in [6, 6.07) is 5.66. The number of nitrogens with zero attached hydrogens (tertiary/aromatic N) is 3. The number of carboxylic acid groups (broad SMARTS) is 1. The number of aryl methyl sites for hydroxylation is 2. The summed E-state index contributed by atoms with van der Waals surface area (Å²) >= 11 is 1.45. The topological polar surface area (TPSA) is 83.4 Å². The van der Waals surface area contributed by atoms with E-state index >= 15 is 0 Å². The van der Waals surface area contributed by atoms with E-state index in [1.807, 2.05) is 20.1 Å². The van der Waals surface area contributed by atoms with Crippen molar-refractivity contribution in [3.63, 3.8) is 0 Å². The summed E-state index contributed by atoms with van der Waals surface area (Å²) in [6.45, 7) is 3.46. The van der Waals surface area contributed by atoms with E-state index in [0.717, 1.165) is 17.0 Å². The third-order valence-electron chi connectivity index (χ3n) is 4.14. The minimum Gasteiger partial charge on any atom is -0.480 e. The SMILES string of the molecule is CSc1nc(C)c(CCC(=O)N(CC(=O)O)Cc2ccc(F)cc2)c(C)n1. The molecule has 0 aliphatic carbocycles. The number of aromatic nitrogens is 2. The average molecular weight is 391 g/mol. The van der Waals surface area contributed by atoms with E-state index in [2.05, 4.69) is 9.97 Å². The molecule has 2 aromatic rings. The van der Waals surface area contributed by atoms with Crippen LogP contribution in [0.1, 0.15) is 28.9 Å². The van der Waals surface area contributed by atoms with Crippen LogP contribution in [0.2, 0.25) is 0 Å². The van der Waals surface area contributed by atoms with Gasteiger partial charge in [0.25, 0.3) is 0 Å². The van der Waals surface area contributed by atoms with E-state index < -0.39 is 12.5 Å². The van der Waals surface area contributed by atoms with E-state index in [1.165, 1.54) is 28.8 Å². The maximum absolute atomic E-state index is 13.0. The monoisotopic (exact) mass is 391 g/mol. The molecule has 1 heterocycles. The highest BCUT2D eigenvalue weighted by atomic mass is 32.2. The minimum atomic E-state index is -1.09. The van der Waals surface area contributed by atoms with E-state index in [9.17, 15) is 14.0 Å². The van der Waals surface area contributed by atoms with Crippen molar-refractivity contribution in [1.29, 1.82) is 0 Å². The van der Waals surface area contributed by atoms with Crippen molar-refractivity contribution in [3.8, 4) is 0 Å². The number of carboxylic acids is 1. The Bertz CT molecular complexity index is 804. The Morgan fingerprint density at radius 3 is 2.26 bits per heavy atom. The van der Waals surface area contributed by atoms with Crippen LogP contribution in [0.3, 0.4) is 0 Å². The van der Waals surface area contributed by atoms with Crippen molar-refractivity contribution in [1.82, 2.24) is 14.9 Å². The van der Waals surface area contributed by atoms with Crippen molar-refractivity contribution in [2.75, 3.05) is 12.8 Å². The van der Waals surface area contributed by atoms with Gasteiger partial charge in [-0.05, 0) is 49.8 Å². The fraction of sp³-hybridized carbons (Fsp3) is 0.368. The van der Waals surface area contributed by atoms with Gasteiger partial charge in [-0.2, -0.15) is 0 Å². The van der Waals surface area contributed by atoms with E-state index in [-0.39, 0.29) is 24.7 Å². The maximum atomic E-state index is 13.0. The van der Waals surface area contributed by atoms with Crippen LogP contribution in [-0.4, -0.2) is 44.7 Å². The number of hydrogen-bond acceptors (Lipinski definition) is 5. The predicted molar refractivity (Wildman–Crippen MR) is 101 cm³/mol. The molecule has 0 saturated heterocycles. The van der Waals surface area contributed by atoms with E-state index in [0.29, 0.717) is 17.1 Å². The van der Waals surface area contributed by atoms with Gasteiger partial charge in [0.2, 0.25) is 5.91 Å². The summed E-state index contributed by atoms with van der Waals surface area (Å²) in [5, 5.41) is 9.79. The van der Waals surface area contributed by atoms with Crippen LogP contribution in [0.5, 0.6) is 0 Å². The Labute approximate surface area is 161 Å². The number of carbonyl (C=O) groups is 2. The Morgan fingerprint density at radius 2 is 1.74 bits per heavy atom. The molecule has 0 bridgehead atoms. The zero-order valence-electron chi connectivity index (χ0n) is 15.5. The Morgan fingerprint density at radius 1 is 1.15 bits per heavy atom. The molecule has 0 spiro atoms. The van der Waals surface area contributed by atoms with Gasteiger partial charge in [0.05, 0.1) is 0 Å². The van der Waals surface area contributed by atoms with Crippen LogP contribution < -0.4 is 0 Å². The molecule has 144 valence electrons. The van der Waals surface area contributed by atoms with Crippen LogP contribution in [0.15, 0.2) is 29.4 Å². The van der Waals surface area contributed by atoms with Gasteiger partial charge in [-0.15, -0.1) is 0 Å². The fourth-order valence-electron chi connectivity index (χ4n) is 2.76. The molecule has 8 heteroatoms. The number of benzene rings is 1. The quantitative estimate of drug-likeness (QED) is 0.550. The number of aliphatic carboxylic acids is 1. The molecule has 0 fully saturated rings. The lowest BCUT2D eigenvalue weighted by atomic mass is 10.1. The molecular formula is C19H22FN3O3S. The van der Waals surface area contributed by atoms with Gasteiger partial charge in [0.1, 0.15) is 12.4 Å². The molecule has 0 atom stereocenters. The molecule has 1 amide bonds. The summed E-state index contributed by atoms with van der Waals surface area (Å²) < 4.78 is 13.0. The number of thioether (sulfide) groups is 1. The predicted octanol–water partition coefficient (Wildman–Crippen LogP) is 3.00. The van der Waals surface area contributed by atoms with Crippen LogP contribution in [-0.2, 0) is 22.6 Å². The molecule has 1 aromatic carbocycles. The standard InChI is InChI=1S/C19H22FN3O3S/c1-12-16(13(2)22-19(21-12)27-3)8-9-17(24)23(11-18(25)26)10-14-4-6-15(20)7-5-14/h4-7H,8-11H2,1-3H3,(H,25,26). The Hall–Kier alpha value is -2.48. The fourth-order valence-corrected chi connectivity index (χ4v) is 3.21. The van der Waals surface area contributed by atoms with Crippen LogP contribution >= 0.6 is 11.8 Å². The van der Waals surface area contributed by atoms with Crippen LogP contribution in [0, 0.1) is 19.7 Å². The summed E-state index contributed by atoms with van der Waals surface area (Å²) in [7, 11) is 0. The molecule has 0 saturated carbocycles. The lowest BCUT2D eigenvalue weighted by Gasteiger charge is -2.21. The van der Waals surface area contributed by atoms with Crippen molar-refractivity contribution < 1.29 is 19.1 Å². The summed E-state index contributed by atoms with van der Waals surface area (Å²) in [5.41, 5.74) is 3.22. The Kier molecular flexibility index (Phi) is 7.29. The summed E-state index contributed by atoms with van der Waals surface area (Å²) in [5.74, 6) is -1.76. The molecule has 27 heavy (non-hydrogen) atoms. The lowest BCUT2D eigenvalue weighted by molar-refractivity contribution is -0.144. The van der Waals surface area contributed by atoms with Gasteiger partial charge in [0.15, 0.2) is 5.16 Å². The number of halogens is 1. The van der Waals surface area contributed by atoms with Gasteiger partial charge in [-0.25, -0.2) is 14.4 Å². The Balaban J connectivity index is 2.09. The molecule has 0 radical (unpaired) electrons. The number of hydrogen-bond donors (Lipinski definition) is 1. The third kappa shape index (κ3) is 6.02. The number of amides is 1. The van der Waals surface area contributed by atoms with Crippen molar-refractivity contribution >= 4 is 23.6 Å². The molecule has 1 aromatic heterocycles. The smallest absolute Gasteiger partial charge is 0.323 e. The minimum absolute atomic E-state index is 0.116. The van der Waals surface area contributed by atoms with E-state index in [4.69, 9.17) is 5.11 Å². The molecule has 0 aliphatic heterocycles. The van der Waals surface area contributed by atoms with Crippen LogP contribution in [0.25, 0.3) is 0 Å².